The van der Waals surface area contributed by atoms with E-state index >= 15 is 0 Å². The fraction of sp³-hybridized carbons (Fsp3) is 0.700. The first-order chi connectivity index (χ1) is 6.74. The quantitative estimate of drug-likeness (QED) is 0.762. The van der Waals surface area contributed by atoms with Crippen molar-refractivity contribution in [2.75, 3.05) is 13.1 Å². The molecule has 0 aliphatic carbocycles. The molecular formula is C10H17N3O. The highest BCUT2D eigenvalue weighted by atomic mass is 16.5. The van der Waals surface area contributed by atoms with E-state index in [1.165, 1.54) is 6.42 Å². The van der Waals surface area contributed by atoms with Crippen molar-refractivity contribution in [2.45, 2.75) is 32.4 Å². The monoisotopic (exact) mass is 195 g/mol. The molecule has 0 bridgehead atoms. The maximum absolute atomic E-state index is 5.90. The normalized spacial score (nSPS) is 24.0. The summed E-state index contributed by atoms with van der Waals surface area (Å²) >= 11 is 0. The third-order valence-electron chi connectivity index (χ3n) is 2.60. The van der Waals surface area contributed by atoms with Crippen molar-refractivity contribution in [3.8, 4) is 0 Å². The number of aryl methyl sites for hydroxylation is 1. The average molecular weight is 195 g/mol. The van der Waals surface area contributed by atoms with Crippen LogP contribution in [0.5, 0.6) is 0 Å². The number of nitrogens with zero attached hydrogens (tertiary/aromatic N) is 2. The number of aromatic nitrogens is 1. The lowest BCUT2D eigenvalue weighted by Crippen LogP contribution is -2.42. The van der Waals surface area contributed by atoms with E-state index in [2.05, 4.69) is 10.1 Å². The Morgan fingerprint density at radius 1 is 1.71 bits per heavy atom. The van der Waals surface area contributed by atoms with Crippen LogP contribution in [0.1, 0.15) is 24.3 Å². The molecule has 0 saturated carbocycles. The molecule has 4 heteroatoms. The van der Waals surface area contributed by atoms with Gasteiger partial charge in [-0.05, 0) is 26.3 Å². The maximum Gasteiger partial charge on any atom is 0.133 e. The van der Waals surface area contributed by atoms with Crippen LogP contribution in [0.4, 0.5) is 0 Å². The number of piperidine rings is 1. The minimum absolute atomic E-state index is 0.330. The molecule has 1 saturated heterocycles. The van der Waals surface area contributed by atoms with E-state index in [0.717, 1.165) is 37.5 Å². The van der Waals surface area contributed by atoms with Crippen molar-refractivity contribution in [3.63, 3.8) is 0 Å². The first-order valence-corrected chi connectivity index (χ1v) is 5.14. The highest BCUT2D eigenvalue weighted by molar-refractivity contribution is 5.03. The largest absolute Gasteiger partial charge is 0.361 e. The minimum Gasteiger partial charge on any atom is -0.361 e. The minimum atomic E-state index is 0.330. The lowest BCUT2D eigenvalue weighted by Gasteiger charge is -2.29. The second-order valence-electron chi connectivity index (χ2n) is 4.07. The highest BCUT2D eigenvalue weighted by Crippen LogP contribution is 2.12. The number of rotatable bonds is 2. The Morgan fingerprint density at radius 2 is 2.57 bits per heavy atom. The van der Waals surface area contributed by atoms with Gasteiger partial charge < -0.3 is 10.3 Å². The predicted molar refractivity (Wildman–Crippen MR) is 53.7 cm³/mol. The molecule has 0 amide bonds. The molecule has 14 heavy (non-hydrogen) atoms. The summed E-state index contributed by atoms with van der Waals surface area (Å²) in [5.41, 5.74) is 6.91. The van der Waals surface area contributed by atoms with Crippen molar-refractivity contribution >= 4 is 0 Å². The fourth-order valence-electron chi connectivity index (χ4n) is 1.96. The van der Waals surface area contributed by atoms with Crippen molar-refractivity contribution in [1.82, 2.24) is 10.1 Å². The van der Waals surface area contributed by atoms with E-state index in [0.29, 0.717) is 6.04 Å². The molecule has 1 aliphatic heterocycles. The van der Waals surface area contributed by atoms with E-state index in [1.54, 1.807) is 0 Å². The van der Waals surface area contributed by atoms with Crippen molar-refractivity contribution in [2.24, 2.45) is 5.73 Å². The molecule has 2 rings (SSSR count). The Labute approximate surface area is 84.0 Å². The maximum atomic E-state index is 5.90. The summed E-state index contributed by atoms with van der Waals surface area (Å²) in [5, 5.41) is 3.98. The van der Waals surface area contributed by atoms with Crippen LogP contribution in [-0.4, -0.2) is 29.2 Å². The molecule has 1 aromatic heterocycles. The van der Waals surface area contributed by atoms with Crippen LogP contribution in [0.3, 0.4) is 0 Å². The Bertz CT molecular complexity index is 297. The van der Waals surface area contributed by atoms with Crippen LogP contribution in [0.25, 0.3) is 0 Å². The predicted octanol–water partition coefficient (Wildman–Crippen LogP) is 0.906. The van der Waals surface area contributed by atoms with E-state index in [9.17, 15) is 0 Å². The van der Waals surface area contributed by atoms with Gasteiger partial charge in [-0.15, -0.1) is 0 Å². The van der Waals surface area contributed by atoms with Crippen LogP contribution in [0.2, 0.25) is 0 Å². The van der Waals surface area contributed by atoms with Gasteiger partial charge in [-0.25, -0.2) is 0 Å². The lowest BCUT2D eigenvalue weighted by molar-refractivity contribution is 0.196. The van der Waals surface area contributed by atoms with Crippen molar-refractivity contribution < 1.29 is 4.52 Å². The van der Waals surface area contributed by atoms with Crippen LogP contribution in [0, 0.1) is 6.92 Å². The zero-order chi connectivity index (χ0) is 9.97. The first kappa shape index (κ1) is 9.68. The summed E-state index contributed by atoms with van der Waals surface area (Å²) in [6, 6.07) is 2.32. The summed E-state index contributed by atoms with van der Waals surface area (Å²) in [4.78, 5) is 2.34. The number of likely N-dealkylation sites (tertiary alicyclic amines) is 1. The van der Waals surface area contributed by atoms with Gasteiger partial charge in [0.05, 0.1) is 5.69 Å². The van der Waals surface area contributed by atoms with E-state index in [4.69, 9.17) is 10.3 Å². The number of nitrogens with two attached hydrogens (primary N) is 1. The molecule has 1 unspecified atom stereocenters. The number of hydrogen-bond acceptors (Lipinski definition) is 4. The summed E-state index contributed by atoms with van der Waals surface area (Å²) in [5.74, 6) is 0.876. The molecule has 1 aliphatic rings. The topological polar surface area (TPSA) is 55.3 Å². The van der Waals surface area contributed by atoms with Crippen molar-refractivity contribution in [1.29, 1.82) is 0 Å². The Hall–Kier alpha value is -0.870. The molecule has 2 N–H and O–H groups in total. The van der Waals surface area contributed by atoms with E-state index < -0.39 is 0 Å². The Morgan fingerprint density at radius 3 is 3.21 bits per heavy atom. The third kappa shape index (κ3) is 2.33. The van der Waals surface area contributed by atoms with Gasteiger partial charge in [0.25, 0.3) is 0 Å². The molecule has 4 nitrogen and oxygen atoms in total. The standard InChI is InChI=1S/C10H17N3O/c1-8-5-10(12-14-8)7-13-4-2-3-9(11)6-13/h5,9H,2-4,6-7,11H2,1H3. The van der Waals surface area contributed by atoms with Gasteiger partial charge in [0.1, 0.15) is 5.76 Å². The van der Waals surface area contributed by atoms with Crippen LogP contribution < -0.4 is 5.73 Å². The molecule has 0 aromatic carbocycles. The van der Waals surface area contributed by atoms with Crippen LogP contribution >= 0.6 is 0 Å². The summed E-state index contributed by atoms with van der Waals surface area (Å²) in [6.07, 6.45) is 2.34. The molecular weight excluding hydrogens is 178 g/mol. The highest BCUT2D eigenvalue weighted by Gasteiger charge is 2.17. The van der Waals surface area contributed by atoms with Gasteiger partial charge in [-0.3, -0.25) is 4.90 Å². The van der Waals surface area contributed by atoms with Gasteiger partial charge in [-0.2, -0.15) is 0 Å². The molecule has 0 radical (unpaired) electrons. The molecule has 1 fully saturated rings. The van der Waals surface area contributed by atoms with E-state index in [1.807, 2.05) is 13.0 Å². The molecule has 78 valence electrons. The lowest BCUT2D eigenvalue weighted by atomic mass is 10.1. The SMILES string of the molecule is Cc1cc(CN2CCCC(N)C2)no1. The fourth-order valence-corrected chi connectivity index (χ4v) is 1.96. The van der Waals surface area contributed by atoms with Gasteiger partial charge in [0.2, 0.25) is 0 Å². The Kier molecular flexibility index (Phi) is 2.84. The van der Waals surface area contributed by atoms with Gasteiger partial charge in [0.15, 0.2) is 0 Å². The third-order valence-corrected chi connectivity index (χ3v) is 2.60. The van der Waals surface area contributed by atoms with Crippen LogP contribution in [-0.2, 0) is 6.54 Å². The summed E-state index contributed by atoms with van der Waals surface area (Å²) in [6.45, 7) is 4.88. The van der Waals surface area contributed by atoms with E-state index in [-0.39, 0.29) is 0 Å². The summed E-state index contributed by atoms with van der Waals surface area (Å²) < 4.78 is 5.02. The average Bonchev–Trinajstić information content (AvgIpc) is 2.51. The Balaban J connectivity index is 1.90. The zero-order valence-corrected chi connectivity index (χ0v) is 8.57. The smallest absolute Gasteiger partial charge is 0.133 e. The first-order valence-electron chi connectivity index (χ1n) is 5.14. The van der Waals surface area contributed by atoms with Crippen LogP contribution in [0.15, 0.2) is 10.6 Å². The second-order valence-corrected chi connectivity index (χ2v) is 4.07. The second kappa shape index (κ2) is 4.11. The van der Waals surface area contributed by atoms with Gasteiger partial charge in [0, 0.05) is 25.2 Å². The molecule has 1 aromatic rings. The van der Waals surface area contributed by atoms with Crippen molar-refractivity contribution in [3.05, 3.63) is 17.5 Å². The van der Waals surface area contributed by atoms with Gasteiger partial charge in [-0.1, -0.05) is 5.16 Å². The molecule has 1 atom stereocenters. The van der Waals surface area contributed by atoms with Gasteiger partial charge >= 0.3 is 0 Å². The molecule has 0 spiro atoms. The zero-order valence-electron chi connectivity index (χ0n) is 8.57. The number of hydrogen-bond donors (Lipinski definition) is 1. The summed E-state index contributed by atoms with van der Waals surface area (Å²) in [7, 11) is 0. The molecule has 2 heterocycles.